The van der Waals surface area contributed by atoms with Gasteiger partial charge in [-0.1, -0.05) is 19.8 Å². The lowest BCUT2D eigenvalue weighted by atomic mass is 9.94. The monoisotopic (exact) mass is 275 g/mol. The Morgan fingerprint density at radius 3 is 2.70 bits per heavy atom. The number of hydrogen-bond acceptors (Lipinski definition) is 3. The van der Waals surface area contributed by atoms with Crippen molar-refractivity contribution in [3.63, 3.8) is 0 Å². The van der Waals surface area contributed by atoms with Crippen LogP contribution in [-0.2, 0) is 0 Å². The molecule has 20 heavy (non-hydrogen) atoms. The molecule has 2 saturated carbocycles. The molecule has 3 rings (SSSR count). The van der Waals surface area contributed by atoms with Crippen LogP contribution >= 0.6 is 0 Å². The van der Waals surface area contributed by atoms with E-state index in [1.807, 2.05) is 0 Å². The molecule has 3 aliphatic rings. The van der Waals surface area contributed by atoms with Crippen LogP contribution in [0.1, 0.15) is 64.7 Å². The summed E-state index contributed by atoms with van der Waals surface area (Å²) in [6.07, 6.45) is 11.9. The van der Waals surface area contributed by atoms with Crippen molar-refractivity contribution in [3.8, 4) is 6.07 Å². The van der Waals surface area contributed by atoms with Crippen LogP contribution in [0, 0.1) is 17.2 Å². The van der Waals surface area contributed by atoms with Gasteiger partial charge in [-0.3, -0.25) is 10.2 Å². The zero-order valence-electron chi connectivity index (χ0n) is 12.9. The fourth-order valence-electron chi connectivity index (χ4n) is 5.06. The molecule has 3 unspecified atom stereocenters. The Labute approximate surface area is 123 Å². The van der Waals surface area contributed by atoms with E-state index in [-0.39, 0.29) is 5.54 Å². The van der Waals surface area contributed by atoms with E-state index in [9.17, 15) is 5.26 Å². The summed E-state index contributed by atoms with van der Waals surface area (Å²) in [5.41, 5.74) is -0.234. The highest BCUT2D eigenvalue weighted by Gasteiger charge is 2.45. The number of rotatable bonds is 4. The van der Waals surface area contributed by atoms with E-state index < -0.39 is 0 Å². The van der Waals surface area contributed by atoms with Crippen molar-refractivity contribution in [2.45, 2.75) is 82.3 Å². The molecular formula is C17H29N3. The topological polar surface area (TPSA) is 39.1 Å². The molecule has 3 fully saturated rings. The third-order valence-corrected chi connectivity index (χ3v) is 5.97. The van der Waals surface area contributed by atoms with E-state index in [0.717, 1.165) is 31.3 Å². The maximum atomic E-state index is 9.55. The van der Waals surface area contributed by atoms with Gasteiger partial charge in [0.05, 0.1) is 6.07 Å². The third kappa shape index (κ3) is 2.61. The van der Waals surface area contributed by atoms with Crippen molar-refractivity contribution in [3.05, 3.63) is 0 Å². The van der Waals surface area contributed by atoms with Crippen molar-refractivity contribution in [2.24, 2.45) is 5.92 Å². The molecule has 112 valence electrons. The number of nitrogens with one attached hydrogen (secondary N) is 1. The van der Waals surface area contributed by atoms with E-state index >= 15 is 0 Å². The van der Waals surface area contributed by atoms with Crippen LogP contribution in [0.15, 0.2) is 0 Å². The third-order valence-electron chi connectivity index (χ3n) is 5.97. The minimum Gasteiger partial charge on any atom is -0.300 e. The van der Waals surface area contributed by atoms with Crippen LogP contribution in [0.3, 0.4) is 0 Å². The predicted octanol–water partition coefficient (Wildman–Crippen LogP) is 3.07. The summed E-state index contributed by atoms with van der Waals surface area (Å²) < 4.78 is 0. The Morgan fingerprint density at radius 1 is 1.20 bits per heavy atom. The fraction of sp³-hybridized carbons (Fsp3) is 0.941. The van der Waals surface area contributed by atoms with Crippen LogP contribution in [0.2, 0.25) is 0 Å². The van der Waals surface area contributed by atoms with Crippen molar-refractivity contribution in [2.75, 3.05) is 13.1 Å². The number of nitrogens with zero attached hydrogens (tertiary/aromatic N) is 2. The largest absolute Gasteiger partial charge is 0.300 e. The van der Waals surface area contributed by atoms with Crippen molar-refractivity contribution >= 4 is 0 Å². The maximum absolute atomic E-state index is 9.55. The summed E-state index contributed by atoms with van der Waals surface area (Å²) >= 11 is 0. The van der Waals surface area contributed by atoms with Crippen LogP contribution in [0.4, 0.5) is 0 Å². The molecule has 1 aliphatic heterocycles. The Kier molecular flexibility index (Phi) is 4.33. The molecule has 3 nitrogen and oxygen atoms in total. The summed E-state index contributed by atoms with van der Waals surface area (Å²) in [5.74, 6) is 0.953. The number of nitriles is 1. The van der Waals surface area contributed by atoms with Crippen LogP contribution < -0.4 is 5.32 Å². The average Bonchev–Trinajstić information content (AvgIpc) is 3.19. The van der Waals surface area contributed by atoms with Gasteiger partial charge in [-0.05, 0) is 64.0 Å². The van der Waals surface area contributed by atoms with Gasteiger partial charge in [-0.2, -0.15) is 5.26 Å². The summed E-state index contributed by atoms with van der Waals surface area (Å²) in [5, 5.41) is 13.0. The van der Waals surface area contributed by atoms with E-state index in [1.165, 1.54) is 51.5 Å². The Morgan fingerprint density at radius 2 is 2.00 bits per heavy atom. The molecule has 0 aromatic heterocycles. The predicted molar refractivity (Wildman–Crippen MR) is 81.3 cm³/mol. The highest BCUT2D eigenvalue weighted by atomic mass is 15.2. The standard InChI is InChI=1S/C17H29N3/c1-2-19-17(13-18)10-9-15(12-17)20-11-5-8-16(20)14-6-3-4-7-14/h14-16,19H,2-12H2,1H3. The Balaban J connectivity index is 1.65. The lowest BCUT2D eigenvalue weighted by Crippen LogP contribution is -2.46. The zero-order valence-corrected chi connectivity index (χ0v) is 12.9. The summed E-state index contributed by atoms with van der Waals surface area (Å²) in [6, 6.07) is 4.06. The molecule has 0 bridgehead atoms. The van der Waals surface area contributed by atoms with Gasteiger partial charge in [-0.25, -0.2) is 0 Å². The second-order valence-corrected chi connectivity index (χ2v) is 7.11. The minimum absolute atomic E-state index is 0.234. The Bertz CT molecular complexity index is 369. The van der Waals surface area contributed by atoms with Crippen molar-refractivity contribution < 1.29 is 0 Å². The maximum Gasteiger partial charge on any atom is 0.108 e. The second-order valence-electron chi connectivity index (χ2n) is 7.11. The molecule has 0 amide bonds. The summed E-state index contributed by atoms with van der Waals surface area (Å²) in [7, 11) is 0. The lowest BCUT2D eigenvalue weighted by Gasteiger charge is -2.35. The number of hydrogen-bond donors (Lipinski definition) is 1. The van der Waals surface area contributed by atoms with E-state index in [1.54, 1.807) is 0 Å². The quantitative estimate of drug-likeness (QED) is 0.857. The van der Waals surface area contributed by atoms with Gasteiger partial charge in [0.1, 0.15) is 5.54 Å². The molecule has 1 N–H and O–H groups in total. The first-order valence-corrected chi connectivity index (χ1v) is 8.70. The molecular weight excluding hydrogens is 246 g/mol. The molecule has 0 aromatic carbocycles. The summed E-state index contributed by atoms with van der Waals surface area (Å²) in [6.45, 7) is 4.30. The van der Waals surface area contributed by atoms with Gasteiger partial charge >= 0.3 is 0 Å². The smallest absolute Gasteiger partial charge is 0.108 e. The highest BCUT2D eigenvalue weighted by molar-refractivity contribution is 5.14. The molecule has 1 saturated heterocycles. The van der Waals surface area contributed by atoms with Crippen LogP contribution in [-0.4, -0.2) is 35.6 Å². The SMILES string of the molecule is CCNC1(C#N)CCC(N2CCCC2C2CCCC2)C1. The molecule has 0 spiro atoms. The van der Waals surface area contributed by atoms with Crippen LogP contribution in [0.5, 0.6) is 0 Å². The van der Waals surface area contributed by atoms with E-state index in [2.05, 4.69) is 23.2 Å². The molecule has 3 atom stereocenters. The highest BCUT2D eigenvalue weighted by Crippen LogP contribution is 2.41. The Hall–Kier alpha value is -0.590. The van der Waals surface area contributed by atoms with Gasteiger partial charge in [0.15, 0.2) is 0 Å². The average molecular weight is 275 g/mol. The summed E-state index contributed by atoms with van der Waals surface area (Å²) in [4.78, 5) is 2.80. The van der Waals surface area contributed by atoms with Gasteiger partial charge in [0, 0.05) is 12.1 Å². The first-order chi connectivity index (χ1) is 9.78. The van der Waals surface area contributed by atoms with Crippen molar-refractivity contribution in [1.29, 1.82) is 5.26 Å². The van der Waals surface area contributed by atoms with Crippen molar-refractivity contribution in [1.82, 2.24) is 10.2 Å². The minimum atomic E-state index is -0.234. The van der Waals surface area contributed by atoms with E-state index in [0.29, 0.717) is 6.04 Å². The van der Waals surface area contributed by atoms with Gasteiger partial charge < -0.3 is 0 Å². The molecule has 3 heteroatoms. The van der Waals surface area contributed by atoms with Gasteiger partial charge in [0.2, 0.25) is 0 Å². The lowest BCUT2D eigenvalue weighted by molar-refractivity contribution is 0.133. The fourth-order valence-corrected chi connectivity index (χ4v) is 5.06. The molecule has 1 heterocycles. The van der Waals surface area contributed by atoms with Crippen LogP contribution in [0.25, 0.3) is 0 Å². The molecule has 2 aliphatic carbocycles. The van der Waals surface area contributed by atoms with Gasteiger partial charge in [-0.15, -0.1) is 0 Å². The molecule has 0 radical (unpaired) electrons. The van der Waals surface area contributed by atoms with E-state index in [4.69, 9.17) is 0 Å². The van der Waals surface area contributed by atoms with Gasteiger partial charge in [0.25, 0.3) is 0 Å². The first-order valence-electron chi connectivity index (χ1n) is 8.70. The zero-order chi connectivity index (χ0) is 14.0. The first kappa shape index (κ1) is 14.4. The number of likely N-dealkylation sites (tertiary alicyclic amines) is 1. The second kappa shape index (κ2) is 6.03. The molecule has 0 aromatic rings. The normalized spacial score (nSPS) is 39.4.